The number of hydrogen-bond acceptors (Lipinski definition) is 6. The summed E-state index contributed by atoms with van der Waals surface area (Å²) in [5.41, 5.74) is 0. The number of carbonyl (C=O) groups excluding carboxylic acids is 1. The summed E-state index contributed by atoms with van der Waals surface area (Å²) >= 11 is 1.41. The zero-order chi connectivity index (χ0) is 16.2. The van der Waals surface area contributed by atoms with Gasteiger partial charge in [0.1, 0.15) is 23.1 Å². The fourth-order valence-corrected chi connectivity index (χ4v) is 3.38. The SMILES string of the molecule is CCc1nnc(NC(=O)N2CCC[C@@H]2c2ccc(COC)o2)s1. The number of hydrogen-bond donors (Lipinski definition) is 1. The van der Waals surface area contributed by atoms with Gasteiger partial charge in [0, 0.05) is 13.7 Å². The normalized spacial score (nSPS) is 17.7. The van der Waals surface area contributed by atoms with Crippen LogP contribution in [0.3, 0.4) is 0 Å². The minimum atomic E-state index is -0.156. The van der Waals surface area contributed by atoms with Crippen LogP contribution in [0.25, 0.3) is 0 Å². The number of furan rings is 1. The van der Waals surface area contributed by atoms with Gasteiger partial charge in [0.15, 0.2) is 0 Å². The molecule has 0 aromatic carbocycles. The topological polar surface area (TPSA) is 80.5 Å². The van der Waals surface area contributed by atoms with Crippen LogP contribution < -0.4 is 5.32 Å². The highest BCUT2D eigenvalue weighted by Gasteiger charge is 2.32. The Kier molecular flexibility index (Phi) is 4.92. The lowest BCUT2D eigenvalue weighted by atomic mass is 10.2. The molecule has 1 fully saturated rings. The maximum Gasteiger partial charge on any atom is 0.324 e. The predicted molar refractivity (Wildman–Crippen MR) is 86.4 cm³/mol. The minimum absolute atomic E-state index is 0.0424. The lowest BCUT2D eigenvalue weighted by molar-refractivity contribution is 0.157. The number of nitrogens with one attached hydrogen (secondary N) is 1. The number of likely N-dealkylation sites (tertiary alicyclic amines) is 1. The van der Waals surface area contributed by atoms with Gasteiger partial charge in [0.2, 0.25) is 5.13 Å². The van der Waals surface area contributed by atoms with E-state index in [0.717, 1.165) is 35.8 Å². The molecule has 8 heteroatoms. The van der Waals surface area contributed by atoms with Crippen molar-refractivity contribution < 1.29 is 13.9 Å². The number of carbonyl (C=O) groups is 1. The Labute approximate surface area is 138 Å². The van der Waals surface area contributed by atoms with Crippen LogP contribution in [0.5, 0.6) is 0 Å². The van der Waals surface area contributed by atoms with E-state index in [2.05, 4.69) is 15.5 Å². The molecule has 0 unspecified atom stereocenters. The molecule has 1 aliphatic rings. The quantitative estimate of drug-likeness (QED) is 0.907. The van der Waals surface area contributed by atoms with E-state index < -0.39 is 0 Å². The average Bonchev–Trinajstić information content (AvgIpc) is 3.27. The van der Waals surface area contributed by atoms with Crippen molar-refractivity contribution in [3.63, 3.8) is 0 Å². The second-order valence-electron chi connectivity index (χ2n) is 5.37. The highest BCUT2D eigenvalue weighted by Crippen LogP contribution is 2.33. The summed E-state index contributed by atoms with van der Waals surface area (Å²) in [5.74, 6) is 1.57. The molecule has 1 aliphatic heterocycles. The first-order valence-electron chi connectivity index (χ1n) is 7.68. The van der Waals surface area contributed by atoms with Crippen molar-refractivity contribution in [3.8, 4) is 0 Å². The molecule has 0 aliphatic carbocycles. The van der Waals surface area contributed by atoms with Crippen LogP contribution >= 0.6 is 11.3 Å². The number of rotatable bonds is 5. The predicted octanol–water partition coefficient (Wildman–Crippen LogP) is 3.21. The van der Waals surface area contributed by atoms with Crippen molar-refractivity contribution in [2.75, 3.05) is 19.0 Å². The van der Waals surface area contributed by atoms with Crippen molar-refractivity contribution in [1.29, 1.82) is 0 Å². The van der Waals surface area contributed by atoms with Crippen LogP contribution in [-0.4, -0.2) is 34.8 Å². The lowest BCUT2D eigenvalue weighted by Gasteiger charge is -2.22. The second kappa shape index (κ2) is 7.10. The summed E-state index contributed by atoms with van der Waals surface area (Å²) < 4.78 is 10.9. The third kappa shape index (κ3) is 3.53. The van der Waals surface area contributed by atoms with Gasteiger partial charge in [-0.3, -0.25) is 5.32 Å². The van der Waals surface area contributed by atoms with Crippen LogP contribution in [0.1, 0.15) is 42.3 Å². The fraction of sp³-hybridized carbons (Fsp3) is 0.533. The van der Waals surface area contributed by atoms with Gasteiger partial charge in [-0.25, -0.2) is 4.79 Å². The highest BCUT2D eigenvalue weighted by molar-refractivity contribution is 7.15. The highest BCUT2D eigenvalue weighted by atomic mass is 32.1. The third-order valence-electron chi connectivity index (χ3n) is 3.79. The number of amides is 2. The number of aryl methyl sites for hydroxylation is 1. The van der Waals surface area contributed by atoms with Crippen molar-refractivity contribution in [1.82, 2.24) is 15.1 Å². The van der Waals surface area contributed by atoms with Crippen LogP contribution in [0, 0.1) is 0 Å². The van der Waals surface area contributed by atoms with Crippen LogP contribution in [0.4, 0.5) is 9.93 Å². The lowest BCUT2D eigenvalue weighted by Crippen LogP contribution is -2.34. The second-order valence-corrected chi connectivity index (χ2v) is 6.44. The first-order valence-corrected chi connectivity index (χ1v) is 8.50. The Bertz CT molecular complexity index is 669. The van der Waals surface area contributed by atoms with E-state index in [-0.39, 0.29) is 12.1 Å². The molecule has 2 aromatic rings. The van der Waals surface area contributed by atoms with Gasteiger partial charge in [-0.2, -0.15) is 0 Å². The molecule has 0 bridgehead atoms. The van der Waals surface area contributed by atoms with E-state index in [1.807, 2.05) is 19.1 Å². The maximum absolute atomic E-state index is 12.5. The van der Waals surface area contributed by atoms with Crippen molar-refractivity contribution in [3.05, 3.63) is 28.7 Å². The number of aromatic nitrogens is 2. The van der Waals surface area contributed by atoms with Crippen molar-refractivity contribution in [2.45, 2.75) is 38.8 Å². The van der Waals surface area contributed by atoms with Crippen molar-refractivity contribution >= 4 is 22.5 Å². The molecule has 0 saturated carbocycles. The summed E-state index contributed by atoms with van der Waals surface area (Å²) in [5, 5.41) is 12.3. The van der Waals surface area contributed by atoms with E-state index in [1.165, 1.54) is 11.3 Å². The first-order chi connectivity index (χ1) is 11.2. The largest absolute Gasteiger partial charge is 0.461 e. The molecule has 124 valence electrons. The van der Waals surface area contributed by atoms with Crippen LogP contribution in [0.15, 0.2) is 16.5 Å². The van der Waals surface area contributed by atoms with Gasteiger partial charge in [-0.1, -0.05) is 18.3 Å². The van der Waals surface area contributed by atoms with E-state index in [9.17, 15) is 4.79 Å². The smallest absolute Gasteiger partial charge is 0.324 e. The third-order valence-corrected chi connectivity index (χ3v) is 4.78. The van der Waals surface area contributed by atoms with Crippen LogP contribution in [-0.2, 0) is 17.8 Å². The summed E-state index contributed by atoms with van der Waals surface area (Å²) in [6, 6.07) is 3.62. The monoisotopic (exact) mass is 336 g/mol. The number of methoxy groups -OCH3 is 1. The number of anilines is 1. The number of ether oxygens (including phenoxy) is 1. The molecular formula is C15H20N4O3S. The first kappa shape index (κ1) is 15.9. The summed E-state index contributed by atoms with van der Waals surface area (Å²) in [6.07, 6.45) is 2.66. The Morgan fingerprint density at radius 3 is 3.13 bits per heavy atom. The van der Waals surface area contributed by atoms with Gasteiger partial charge in [0.25, 0.3) is 0 Å². The molecule has 2 amide bonds. The molecule has 1 N–H and O–H groups in total. The Morgan fingerprint density at radius 2 is 2.39 bits per heavy atom. The molecule has 7 nitrogen and oxygen atoms in total. The van der Waals surface area contributed by atoms with E-state index in [1.54, 1.807) is 12.0 Å². The van der Waals surface area contributed by atoms with Gasteiger partial charge in [0.05, 0.1) is 6.04 Å². The van der Waals surface area contributed by atoms with Gasteiger partial charge in [-0.05, 0) is 31.4 Å². The molecule has 0 spiro atoms. The Balaban J connectivity index is 1.68. The molecule has 3 heterocycles. The van der Waals surface area contributed by atoms with E-state index in [4.69, 9.17) is 9.15 Å². The molecule has 3 rings (SSSR count). The van der Waals surface area contributed by atoms with Crippen LogP contribution in [0.2, 0.25) is 0 Å². The summed E-state index contributed by atoms with van der Waals surface area (Å²) in [6.45, 7) is 3.15. The Morgan fingerprint density at radius 1 is 1.52 bits per heavy atom. The Hall–Kier alpha value is -1.93. The maximum atomic E-state index is 12.5. The summed E-state index contributed by atoms with van der Waals surface area (Å²) in [4.78, 5) is 14.3. The molecule has 0 radical (unpaired) electrons. The number of nitrogens with zero attached hydrogens (tertiary/aromatic N) is 3. The zero-order valence-corrected chi connectivity index (χ0v) is 14.1. The van der Waals surface area contributed by atoms with Gasteiger partial charge in [-0.15, -0.1) is 10.2 Å². The van der Waals surface area contributed by atoms with Gasteiger partial charge >= 0.3 is 6.03 Å². The molecule has 23 heavy (non-hydrogen) atoms. The summed E-state index contributed by atoms with van der Waals surface area (Å²) in [7, 11) is 1.63. The molecule has 2 aromatic heterocycles. The van der Waals surface area contributed by atoms with E-state index in [0.29, 0.717) is 18.3 Å². The zero-order valence-electron chi connectivity index (χ0n) is 13.2. The fourth-order valence-electron chi connectivity index (χ4n) is 2.71. The standard InChI is InChI=1S/C15H20N4O3S/c1-3-13-17-18-14(23-13)16-15(20)19-8-4-5-11(19)12-7-6-10(22-12)9-21-2/h6-7,11H,3-5,8-9H2,1-2H3,(H,16,18,20)/t11-/m1/s1. The molecular weight excluding hydrogens is 316 g/mol. The molecule has 1 saturated heterocycles. The number of urea groups is 1. The van der Waals surface area contributed by atoms with Gasteiger partial charge < -0.3 is 14.1 Å². The average molecular weight is 336 g/mol. The minimum Gasteiger partial charge on any atom is -0.461 e. The van der Waals surface area contributed by atoms with Crippen molar-refractivity contribution in [2.24, 2.45) is 0 Å². The molecule has 1 atom stereocenters. The van der Waals surface area contributed by atoms with E-state index >= 15 is 0 Å².